The van der Waals surface area contributed by atoms with Crippen LogP contribution in [0.2, 0.25) is 0 Å². The van der Waals surface area contributed by atoms with Crippen molar-refractivity contribution in [2.75, 3.05) is 25.4 Å². The van der Waals surface area contributed by atoms with Crippen LogP contribution in [0.25, 0.3) is 0 Å². The van der Waals surface area contributed by atoms with Gasteiger partial charge in [0.2, 0.25) is 0 Å². The standard InChI is InChI=1S/C25H35N5OS2/c1-5-22-21(15-19-14-18(4)8-11-26-19)25(31)29-23(28-22)10-13-32-16-20-17-33-24(27-20)9-12-30(6-2)7-3/h8,11,14,17H,5-7,9-10,12-13,15-16H2,1-4H3,(H,28,29,31). The van der Waals surface area contributed by atoms with Gasteiger partial charge in [0.15, 0.2) is 0 Å². The molecule has 0 fully saturated rings. The summed E-state index contributed by atoms with van der Waals surface area (Å²) in [6, 6.07) is 3.99. The summed E-state index contributed by atoms with van der Waals surface area (Å²) in [4.78, 5) is 32.2. The van der Waals surface area contributed by atoms with Crippen LogP contribution in [-0.2, 0) is 31.4 Å². The molecule has 0 aliphatic rings. The summed E-state index contributed by atoms with van der Waals surface area (Å²) in [5.41, 5.74) is 4.76. The number of nitrogens with zero attached hydrogens (tertiary/aromatic N) is 4. The van der Waals surface area contributed by atoms with Crippen molar-refractivity contribution in [2.45, 2.75) is 59.1 Å². The molecule has 0 unspecified atom stereocenters. The van der Waals surface area contributed by atoms with E-state index in [0.29, 0.717) is 6.42 Å². The first-order valence-electron chi connectivity index (χ1n) is 11.8. The van der Waals surface area contributed by atoms with Crippen LogP contribution < -0.4 is 5.56 Å². The van der Waals surface area contributed by atoms with Gasteiger partial charge in [-0.25, -0.2) is 9.97 Å². The maximum atomic E-state index is 12.8. The molecule has 3 aromatic heterocycles. The molecule has 0 spiro atoms. The van der Waals surface area contributed by atoms with Gasteiger partial charge in [-0.3, -0.25) is 9.78 Å². The number of aromatic nitrogens is 4. The van der Waals surface area contributed by atoms with Crippen LogP contribution in [0.3, 0.4) is 0 Å². The van der Waals surface area contributed by atoms with E-state index in [-0.39, 0.29) is 5.56 Å². The Labute approximate surface area is 205 Å². The van der Waals surface area contributed by atoms with Gasteiger partial charge in [-0.15, -0.1) is 11.3 Å². The minimum Gasteiger partial charge on any atom is -0.310 e. The van der Waals surface area contributed by atoms with Crippen molar-refractivity contribution in [3.05, 3.63) is 73.1 Å². The SMILES string of the molecule is CCc1nc(CCSCc2csc(CCN(CC)CC)n2)[nH]c(=O)c1Cc1cc(C)ccn1. The summed E-state index contributed by atoms with van der Waals surface area (Å²) in [5.74, 6) is 2.56. The number of aromatic amines is 1. The molecule has 0 aromatic carbocycles. The highest BCUT2D eigenvalue weighted by Crippen LogP contribution is 2.17. The Morgan fingerprint density at radius 3 is 2.67 bits per heavy atom. The van der Waals surface area contributed by atoms with Crippen LogP contribution in [0.4, 0.5) is 0 Å². The van der Waals surface area contributed by atoms with Crippen LogP contribution in [0.1, 0.15) is 59.8 Å². The molecule has 0 amide bonds. The highest BCUT2D eigenvalue weighted by Gasteiger charge is 2.12. The first kappa shape index (κ1) is 25.6. The topological polar surface area (TPSA) is 74.8 Å². The van der Waals surface area contributed by atoms with E-state index in [1.807, 2.05) is 37.7 Å². The number of hydrogen-bond donors (Lipinski definition) is 1. The van der Waals surface area contributed by atoms with Crippen molar-refractivity contribution < 1.29 is 0 Å². The zero-order chi connectivity index (χ0) is 23.6. The summed E-state index contributed by atoms with van der Waals surface area (Å²) in [7, 11) is 0. The van der Waals surface area contributed by atoms with Crippen LogP contribution in [0.5, 0.6) is 0 Å². The Kier molecular flexibility index (Phi) is 10.1. The molecule has 3 aromatic rings. The molecule has 1 N–H and O–H groups in total. The van der Waals surface area contributed by atoms with Crippen molar-refractivity contribution in [3.8, 4) is 0 Å². The summed E-state index contributed by atoms with van der Waals surface area (Å²) >= 11 is 3.60. The quantitative estimate of drug-likeness (QED) is 0.361. The molecule has 3 rings (SSSR count). The van der Waals surface area contributed by atoms with Crippen LogP contribution in [0, 0.1) is 6.92 Å². The van der Waals surface area contributed by atoms with E-state index in [1.54, 1.807) is 17.5 Å². The number of hydrogen-bond acceptors (Lipinski definition) is 7. The predicted molar refractivity (Wildman–Crippen MR) is 139 cm³/mol. The van der Waals surface area contributed by atoms with Crippen molar-refractivity contribution in [1.82, 2.24) is 24.8 Å². The summed E-state index contributed by atoms with van der Waals surface area (Å²) < 4.78 is 0. The molecule has 0 aliphatic carbocycles. The zero-order valence-electron chi connectivity index (χ0n) is 20.2. The van der Waals surface area contributed by atoms with Gasteiger partial charge >= 0.3 is 0 Å². The monoisotopic (exact) mass is 485 g/mol. The Morgan fingerprint density at radius 2 is 1.94 bits per heavy atom. The molecule has 8 heteroatoms. The van der Waals surface area contributed by atoms with Crippen LogP contribution >= 0.6 is 23.1 Å². The molecule has 0 aliphatic heterocycles. The lowest BCUT2D eigenvalue weighted by Crippen LogP contribution is -2.25. The number of H-pyrrole nitrogens is 1. The average Bonchev–Trinajstić information content (AvgIpc) is 3.26. The van der Waals surface area contributed by atoms with E-state index in [9.17, 15) is 4.79 Å². The molecule has 0 saturated heterocycles. The van der Waals surface area contributed by atoms with Crippen molar-refractivity contribution in [1.29, 1.82) is 0 Å². The molecule has 178 valence electrons. The van der Waals surface area contributed by atoms with Gasteiger partial charge in [-0.1, -0.05) is 20.8 Å². The predicted octanol–water partition coefficient (Wildman–Crippen LogP) is 4.44. The average molecular weight is 486 g/mol. The third-order valence-corrected chi connectivity index (χ3v) is 7.63. The van der Waals surface area contributed by atoms with E-state index >= 15 is 0 Å². The highest BCUT2D eigenvalue weighted by atomic mass is 32.2. The number of aryl methyl sites for hydroxylation is 3. The molecule has 0 saturated carbocycles. The lowest BCUT2D eigenvalue weighted by Gasteiger charge is -2.16. The van der Waals surface area contributed by atoms with Crippen LogP contribution in [-0.4, -0.2) is 50.2 Å². The number of likely N-dealkylation sites (N-methyl/N-ethyl adjacent to an activating group) is 1. The Morgan fingerprint density at radius 1 is 1.12 bits per heavy atom. The third kappa shape index (κ3) is 7.76. The van der Waals surface area contributed by atoms with Gasteiger partial charge in [0.1, 0.15) is 5.82 Å². The summed E-state index contributed by atoms with van der Waals surface area (Å²) in [6.45, 7) is 11.7. The normalized spacial score (nSPS) is 11.4. The smallest absolute Gasteiger partial charge is 0.254 e. The molecular formula is C25H35N5OS2. The molecule has 0 bridgehead atoms. The second-order valence-electron chi connectivity index (χ2n) is 8.10. The minimum absolute atomic E-state index is 0.0394. The maximum absolute atomic E-state index is 12.8. The highest BCUT2D eigenvalue weighted by molar-refractivity contribution is 7.98. The second-order valence-corrected chi connectivity index (χ2v) is 10.2. The van der Waals surface area contributed by atoms with E-state index in [1.165, 1.54) is 5.01 Å². The zero-order valence-corrected chi connectivity index (χ0v) is 21.8. The van der Waals surface area contributed by atoms with Crippen molar-refractivity contribution in [3.63, 3.8) is 0 Å². The van der Waals surface area contributed by atoms with Crippen molar-refractivity contribution in [2.24, 2.45) is 0 Å². The third-order valence-electron chi connectivity index (χ3n) is 5.68. The molecule has 0 atom stereocenters. The molecular weight excluding hydrogens is 450 g/mol. The van der Waals surface area contributed by atoms with E-state index in [0.717, 1.165) is 84.4 Å². The first-order valence-corrected chi connectivity index (χ1v) is 13.8. The molecule has 0 radical (unpaired) electrons. The lowest BCUT2D eigenvalue weighted by molar-refractivity contribution is 0.308. The van der Waals surface area contributed by atoms with Gasteiger partial charge < -0.3 is 9.88 Å². The Balaban J connectivity index is 1.51. The molecule has 3 heterocycles. The first-order chi connectivity index (χ1) is 16.0. The number of rotatable bonds is 13. The van der Waals surface area contributed by atoms with E-state index < -0.39 is 0 Å². The van der Waals surface area contributed by atoms with Crippen molar-refractivity contribution >= 4 is 23.1 Å². The van der Waals surface area contributed by atoms with Gasteiger partial charge in [0, 0.05) is 60.1 Å². The number of pyridine rings is 1. The second kappa shape index (κ2) is 13.0. The van der Waals surface area contributed by atoms with Crippen LogP contribution in [0.15, 0.2) is 28.5 Å². The lowest BCUT2D eigenvalue weighted by atomic mass is 10.1. The van der Waals surface area contributed by atoms with E-state index in [2.05, 4.69) is 34.1 Å². The number of thiazole rings is 1. The maximum Gasteiger partial charge on any atom is 0.254 e. The molecule has 6 nitrogen and oxygen atoms in total. The fourth-order valence-corrected chi connectivity index (χ4v) is 5.47. The van der Waals surface area contributed by atoms with Gasteiger partial charge in [-0.05, 0) is 44.1 Å². The summed E-state index contributed by atoms with van der Waals surface area (Å²) in [6.07, 6.45) is 4.81. The Hall–Kier alpha value is -2.03. The largest absolute Gasteiger partial charge is 0.310 e. The Bertz CT molecular complexity index is 1070. The minimum atomic E-state index is -0.0394. The number of nitrogens with one attached hydrogen (secondary N) is 1. The fourth-order valence-electron chi connectivity index (χ4n) is 3.73. The van der Waals surface area contributed by atoms with E-state index in [4.69, 9.17) is 9.97 Å². The van der Waals surface area contributed by atoms with Gasteiger partial charge in [0.05, 0.1) is 16.4 Å². The number of thioether (sulfide) groups is 1. The molecule has 33 heavy (non-hydrogen) atoms. The van der Waals surface area contributed by atoms with Gasteiger partial charge in [-0.2, -0.15) is 11.8 Å². The van der Waals surface area contributed by atoms with Gasteiger partial charge in [0.25, 0.3) is 5.56 Å². The summed E-state index contributed by atoms with van der Waals surface area (Å²) in [5, 5.41) is 3.39. The fraction of sp³-hybridized carbons (Fsp3) is 0.520.